The highest BCUT2D eigenvalue weighted by Gasteiger charge is 2.39. The number of nitriles is 8. The highest BCUT2D eigenvalue weighted by Crippen LogP contribution is 2.54. The van der Waals surface area contributed by atoms with Gasteiger partial charge in [0.25, 0.3) is 0 Å². The van der Waals surface area contributed by atoms with Crippen LogP contribution in [0.1, 0.15) is 44.5 Å². The number of ether oxygens (including phenoxy) is 2. The predicted octanol–water partition coefficient (Wildman–Crippen LogP) is 7.72. The van der Waals surface area contributed by atoms with E-state index in [2.05, 4.69) is 9.47 Å². The van der Waals surface area contributed by atoms with E-state index in [1.165, 1.54) is 12.1 Å². The highest BCUT2D eigenvalue weighted by molar-refractivity contribution is 6.30. The van der Waals surface area contributed by atoms with Gasteiger partial charge in [0, 0.05) is 33.4 Å². The highest BCUT2D eigenvalue weighted by atomic mass is 19.4. The molecule has 0 N–H and O–H groups in total. The molecule has 2 aliphatic rings. The standard InChI is InChI=1S/C36H8F6N8O2/c37-35(38,39)51-29-3-1-17(5-19(29)9-43)31-27(15-49)23-7-24-26(8-25(23)33(31)21(11-45)12-46)34(22(13-47)14-48)32(28(24)16-50)18-2-4-30(20(6-18)10-44)52-36(40,41)42/h1-8H. The van der Waals surface area contributed by atoms with Gasteiger partial charge < -0.3 is 9.47 Å². The van der Waals surface area contributed by atoms with Crippen molar-refractivity contribution in [1.29, 1.82) is 42.1 Å². The van der Waals surface area contributed by atoms with Crippen LogP contribution in [-0.2, 0) is 0 Å². The summed E-state index contributed by atoms with van der Waals surface area (Å²) in [6.07, 6.45) is -10.3. The molecule has 0 saturated carbocycles. The van der Waals surface area contributed by atoms with Gasteiger partial charge in [0.05, 0.1) is 22.3 Å². The van der Waals surface area contributed by atoms with Crippen molar-refractivity contribution >= 4 is 33.4 Å². The third-order valence-corrected chi connectivity index (χ3v) is 7.63. The molecule has 0 bridgehead atoms. The van der Waals surface area contributed by atoms with Crippen molar-refractivity contribution in [2.45, 2.75) is 12.7 Å². The number of rotatable bonds is 4. The zero-order chi connectivity index (χ0) is 38.1. The van der Waals surface area contributed by atoms with E-state index in [1.807, 2.05) is 12.1 Å². The zero-order valence-corrected chi connectivity index (χ0v) is 25.3. The number of fused-ring (bicyclic) bond motifs is 2. The fourth-order valence-corrected chi connectivity index (χ4v) is 5.79. The number of nitrogens with zero attached hydrogens (tertiary/aromatic N) is 8. The number of hydrogen-bond donors (Lipinski definition) is 0. The van der Waals surface area contributed by atoms with E-state index in [9.17, 15) is 68.4 Å². The van der Waals surface area contributed by atoms with E-state index < -0.39 is 46.5 Å². The first-order chi connectivity index (χ1) is 24.7. The van der Waals surface area contributed by atoms with Crippen molar-refractivity contribution in [1.82, 2.24) is 0 Å². The van der Waals surface area contributed by atoms with Gasteiger partial charge >= 0.3 is 12.7 Å². The summed E-state index contributed by atoms with van der Waals surface area (Å²) in [7, 11) is 0. The maximum absolute atomic E-state index is 13.0. The number of hydrogen-bond acceptors (Lipinski definition) is 10. The Labute approximate surface area is 288 Å². The third kappa shape index (κ3) is 5.96. The van der Waals surface area contributed by atoms with Crippen molar-refractivity contribution in [2.24, 2.45) is 0 Å². The number of halogens is 6. The molecule has 246 valence electrons. The fraction of sp³-hybridized carbons (Fsp3) is 0.0556. The van der Waals surface area contributed by atoms with Gasteiger partial charge in [0.1, 0.15) is 71.2 Å². The van der Waals surface area contributed by atoms with Crippen LogP contribution in [0.5, 0.6) is 11.5 Å². The number of allylic oxidation sites excluding steroid dienone is 8. The van der Waals surface area contributed by atoms with E-state index in [0.717, 1.165) is 36.4 Å². The molecule has 5 rings (SSSR count). The maximum atomic E-state index is 13.0. The van der Waals surface area contributed by atoms with Gasteiger partial charge in [-0.1, -0.05) is 12.1 Å². The summed E-state index contributed by atoms with van der Waals surface area (Å²) in [6, 6.07) is 22.0. The van der Waals surface area contributed by atoms with Gasteiger partial charge in [-0.25, -0.2) is 0 Å². The van der Waals surface area contributed by atoms with Gasteiger partial charge in [0.2, 0.25) is 0 Å². The molecule has 0 aliphatic heterocycles. The second kappa shape index (κ2) is 13.0. The predicted molar refractivity (Wildman–Crippen MR) is 163 cm³/mol. The molecule has 0 saturated heterocycles. The molecule has 16 heteroatoms. The minimum atomic E-state index is -5.16. The quantitative estimate of drug-likeness (QED) is 0.191. The second-order valence-electron chi connectivity index (χ2n) is 10.4. The maximum Gasteiger partial charge on any atom is 0.573 e. The van der Waals surface area contributed by atoms with Gasteiger partial charge in [-0.15, -0.1) is 26.3 Å². The van der Waals surface area contributed by atoms with Crippen LogP contribution in [0.3, 0.4) is 0 Å². The van der Waals surface area contributed by atoms with E-state index >= 15 is 0 Å². The second-order valence-corrected chi connectivity index (χ2v) is 10.4. The summed E-state index contributed by atoms with van der Waals surface area (Å²) >= 11 is 0. The van der Waals surface area contributed by atoms with Crippen LogP contribution in [0.15, 0.2) is 59.7 Å². The van der Waals surface area contributed by atoms with E-state index in [1.54, 1.807) is 36.4 Å². The lowest BCUT2D eigenvalue weighted by atomic mass is 9.88. The fourth-order valence-electron chi connectivity index (χ4n) is 5.79. The first-order valence-corrected chi connectivity index (χ1v) is 13.9. The molecule has 2 aliphatic carbocycles. The van der Waals surface area contributed by atoms with Crippen LogP contribution in [-0.4, -0.2) is 12.7 Å². The van der Waals surface area contributed by atoms with E-state index in [4.69, 9.17) is 0 Å². The third-order valence-electron chi connectivity index (χ3n) is 7.63. The number of benzene rings is 3. The average molecular weight is 699 g/mol. The van der Waals surface area contributed by atoms with Gasteiger partial charge in [-0.2, -0.15) is 42.1 Å². The summed E-state index contributed by atoms with van der Waals surface area (Å²) in [5.41, 5.74) is -3.84. The van der Waals surface area contributed by atoms with Crippen LogP contribution in [0.2, 0.25) is 0 Å². The molecule has 0 amide bonds. The molecule has 0 atom stereocenters. The molecule has 3 aromatic rings. The minimum absolute atomic E-state index is 0.00108. The molecular weight excluding hydrogens is 690 g/mol. The molecule has 0 spiro atoms. The zero-order valence-electron chi connectivity index (χ0n) is 25.3. The Bertz CT molecular complexity index is 2430. The van der Waals surface area contributed by atoms with Gasteiger partial charge in [-0.05, 0) is 58.7 Å². The average Bonchev–Trinajstić information content (AvgIpc) is 3.59. The van der Waals surface area contributed by atoms with Gasteiger partial charge in [-0.3, -0.25) is 0 Å². The Morgan fingerprint density at radius 3 is 1.10 bits per heavy atom. The monoisotopic (exact) mass is 698 g/mol. The smallest absolute Gasteiger partial charge is 0.404 e. The molecule has 0 unspecified atom stereocenters. The molecule has 3 aromatic carbocycles. The Morgan fingerprint density at radius 1 is 0.462 bits per heavy atom. The molecule has 0 fully saturated rings. The van der Waals surface area contributed by atoms with Gasteiger partial charge in [0.15, 0.2) is 0 Å². The van der Waals surface area contributed by atoms with Crippen molar-refractivity contribution in [3.8, 4) is 60.1 Å². The number of alkyl halides is 6. The van der Waals surface area contributed by atoms with Crippen LogP contribution < -0.4 is 9.47 Å². The van der Waals surface area contributed by atoms with Crippen LogP contribution >= 0.6 is 0 Å². The summed E-state index contributed by atoms with van der Waals surface area (Å²) in [6.45, 7) is 0. The largest absolute Gasteiger partial charge is 0.573 e. The summed E-state index contributed by atoms with van der Waals surface area (Å²) in [5.74, 6) is -1.74. The molecule has 52 heavy (non-hydrogen) atoms. The molecule has 0 heterocycles. The summed E-state index contributed by atoms with van der Waals surface area (Å²) < 4.78 is 85.7. The Morgan fingerprint density at radius 2 is 0.808 bits per heavy atom. The Hall–Kier alpha value is -8.28. The SMILES string of the molecule is N#CC(C#N)=C1C(c2ccc(OC(F)(F)F)c(C#N)c2)=C(C#N)c2cc3c(cc21)C(=C(C#N)C#N)C(c1ccc(OC(F)(F)F)c(C#N)c1)=C3C#N. The van der Waals surface area contributed by atoms with Crippen LogP contribution in [0.4, 0.5) is 26.3 Å². The lowest BCUT2D eigenvalue weighted by Crippen LogP contribution is -2.17. The molecule has 0 radical (unpaired) electrons. The molecule has 0 aromatic heterocycles. The first-order valence-electron chi connectivity index (χ1n) is 13.9. The van der Waals surface area contributed by atoms with Crippen molar-refractivity contribution < 1.29 is 35.8 Å². The summed E-state index contributed by atoms with van der Waals surface area (Å²) in [4.78, 5) is 0. The van der Waals surface area contributed by atoms with Crippen LogP contribution in [0, 0.1) is 90.6 Å². The molecular formula is C36H8F6N8O2. The Balaban J connectivity index is 1.86. The minimum Gasteiger partial charge on any atom is -0.404 e. The topological polar surface area (TPSA) is 209 Å². The first kappa shape index (κ1) is 35.0. The lowest BCUT2D eigenvalue weighted by Gasteiger charge is -2.14. The van der Waals surface area contributed by atoms with E-state index in [0.29, 0.717) is 0 Å². The lowest BCUT2D eigenvalue weighted by molar-refractivity contribution is -0.275. The van der Waals surface area contributed by atoms with Crippen molar-refractivity contribution in [3.05, 3.63) is 104 Å². The summed E-state index contributed by atoms with van der Waals surface area (Å²) in [5, 5.41) is 79.7. The Kier molecular flexibility index (Phi) is 8.74. The van der Waals surface area contributed by atoms with Crippen molar-refractivity contribution in [3.63, 3.8) is 0 Å². The van der Waals surface area contributed by atoms with Crippen molar-refractivity contribution in [2.75, 3.05) is 0 Å². The normalized spacial score (nSPS) is 12.8. The van der Waals surface area contributed by atoms with E-state index in [-0.39, 0.29) is 66.8 Å². The van der Waals surface area contributed by atoms with Crippen LogP contribution in [0.25, 0.3) is 33.4 Å². The molecule has 10 nitrogen and oxygen atoms in total.